The number of carboxylic acid groups (broad SMARTS) is 1. The molecule has 0 saturated carbocycles. The second kappa shape index (κ2) is 9.58. The predicted molar refractivity (Wildman–Crippen MR) is 88.3 cm³/mol. The van der Waals surface area contributed by atoms with Gasteiger partial charge in [0.1, 0.15) is 5.75 Å². The van der Waals surface area contributed by atoms with Gasteiger partial charge in [-0.25, -0.2) is 0 Å². The fourth-order valence-electron chi connectivity index (χ4n) is 1.88. The lowest BCUT2D eigenvalue weighted by atomic mass is 10.1. The van der Waals surface area contributed by atoms with Gasteiger partial charge >= 0.3 is 5.97 Å². The van der Waals surface area contributed by atoms with Gasteiger partial charge in [-0.3, -0.25) is 4.79 Å². The molecular formula is C18H23NO3. The molecule has 0 unspecified atom stereocenters. The molecule has 4 nitrogen and oxygen atoms in total. The van der Waals surface area contributed by atoms with Gasteiger partial charge in [-0.1, -0.05) is 42.0 Å². The van der Waals surface area contributed by atoms with Gasteiger partial charge in [0, 0.05) is 0 Å². The van der Waals surface area contributed by atoms with Crippen molar-refractivity contribution in [1.29, 1.82) is 0 Å². The molecule has 3 N–H and O–H groups in total. The zero-order chi connectivity index (χ0) is 16.4. The van der Waals surface area contributed by atoms with Crippen molar-refractivity contribution < 1.29 is 14.6 Å². The molecule has 0 spiro atoms. The molecule has 4 heteroatoms. The Kier molecular flexibility index (Phi) is 7.72. The third kappa shape index (κ3) is 6.90. The number of methoxy groups -OCH3 is 1. The first kappa shape index (κ1) is 17.7. The topological polar surface area (TPSA) is 72.5 Å². The normalized spacial score (nSPS) is 9.59. The zero-order valence-corrected chi connectivity index (χ0v) is 13.1. The number of carbonyl (C=O) groups is 1. The largest absolute Gasteiger partial charge is 0.497 e. The van der Waals surface area contributed by atoms with Crippen LogP contribution >= 0.6 is 0 Å². The van der Waals surface area contributed by atoms with Gasteiger partial charge < -0.3 is 15.6 Å². The first-order chi connectivity index (χ1) is 10.5. The van der Waals surface area contributed by atoms with Crippen LogP contribution in [0.25, 0.3) is 0 Å². The van der Waals surface area contributed by atoms with Crippen LogP contribution in [0.15, 0.2) is 48.5 Å². The molecule has 118 valence electrons. The van der Waals surface area contributed by atoms with E-state index in [-0.39, 0.29) is 6.42 Å². The van der Waals surface area contributed by atoms with E-state index in [1.54, 1.807) is 7.11 Å². The Balaban J connectivity index is 0.000000220. The molecule has 2 aromatic carbocycles. The summed E-state index contributed by atoms with van der Waals surface area (Å²) in [5.74, 6) is 0.116. The average Bonchev–Trinajstić information content (AvgIpc) is 2.50. The molecule has 0 aromatic heterocycles. The summed E-state index contributed by atoms with van der Waals surface area (Å²) in [6.07, 6.45) is 1.03. The Morgan fingerprint density at radius 1 is 1.14 bits per heavy atom. The Hall–Kier alpha value is -2.33. The maximum atomic E-state index is 10.3. The highest BCUT2D eigenvalue weighted by Crippen LogP contribution is 2.12. The molecule has 0 radical (unpaired) electrons. The molecule has 22 heavy (non-hydrogen) atoms. The van der Waals surface area contributed by atoms with Crippen LogP contribution in [0, 0.1) is 6.92 Å². The molecule has 0 aliphatic carbocycles. The SMILES string of the molecule is COc1cccc(CCN)c1.Cc1ccc(CC(=O)O)cc1. The molecule has 0 atom stereocenters. The molecular weight excluding hydrogens is 278 g/mol. The lowest BCUT2D eigenvalue weighted by Crippen LogP contribution is -2.02. The summed E-state index contributed by atoms with van der Waals surface area (Å²) in [6.45, 7) is 2.66. The number of rotatable bonds is 5. The average molecular weight is 301 g/mol. The standard InChI is InChI=1S/C9H13NO.C9H10O2/c1-11-9-4-2-3-8(7-9)5-6-10;1-7-2-4-8(5-3-7)6-9(10)11/h2-4,7H,5-6,10H2,1H3;2-5H,6H2,1H3,(H,10,11). The number of ether oxygens (including phenoxy) is 1. The Morgan fingerprint density at radius 2 is 1.82 bits per heavy atom. The van der Waals surface area contributed by atoms with E-state index in [2.05, 4.69) is 6.07 Å². The summed E-state index contributed by atoms with van der Waals surface area (Å²) >= 11 is 0. The lowest BCUT2D eigenvalue weighted by molar-refractivity contribution is -0.136. The molecule has 0 saturated heterocycles. The van der Waals surface area contributed by atoms with Crippen LogP contribution in [0.5, 0.6) is 5.75 Å². The van der Waals surface area contributed by atoms with Gasteiger partial charge in [0.15, 0.2) is 0 Å². The van der Waals surface area contributed by atoms with E-state index in [0.717, 1.165) is 23.3 Å². The maximum absolute atomic E-state index is 10.3. The fraction of sp³-hybridized carbons (Fsp3) is 0.278. The van der Waals surface area contributed by atoms with Gasteiger partial charge in [-0.2, -0.15) is 0 Å². The van der Waals surface area contributed by atoms with Crippen molar-refractivity contribution in [3.8, 4) is 5.75 Å². The fourth-order valence-corrected chi connectivity index (χ4v) is 1.88. The van der Waals surface area contributed by atoms with Crippen molar-refractivity contribution in [2.45, 2.75) is 19.8 Å². The van der Waals surface area contributed by atoms with Crippen LogP contribution in [0.3, 0.4) is 0 Å². The van der Waals surface area contributed by atoms with E-state index >= 15 is 0 Å². The molecule has 0 amide bonds. The van der Waals surface area contributed by atoms with E-state index in [1.807, 2.05) is 49.4 Å². The molecule has 0 aliphatic rings. The zero-order valence-electron chi connectivity index (χ0n) is 13.1. The van der Waals surface area contributed by atoms with Crippen molar-refractivity contribution >= 4 is 5.97 Å². The lowest BCUT2D eigenvalue weighted by Gasteiger charge is -2.01. The monoisotopic (exact) mass is 301 g/mol. The van der Waals surface area contributed by atoms with Crippen molar-refractivity contribution in [2.24, 2.45) is 5.73 Å². The molecule has 0 fully saturated rings. The third-order valence-electron chi connectivity index (χ3n) is 3.04. The minimum atomic E-state index is -0.783. The number of aliphatic carboxylic acids is 1. The third-order valence-corrected chi connectivity index (χ3v) is 3.04. The molecule has 0 aliphatic heterocycles. The summed E-state index contributed by atoms with van der Waals surface area (Å²) in [7, 11) is 1.67. The highest BCUT2D eigenvalue weighted by Gasteiger charge is 1.98. The number of carboxylic acids is 1. The second-order valence-electron chi connectivity index (χ2n) is 4.95. The van der Waals surface area contributed by atoms with E-state index in [9.17, 15) is 4.79 Å². The van der Waals surface area contributed by atoms with Gasteiger partial charge in [-0.05, 0) is 43.1 Å². The van der Waals surface area contributed by atoms with Crippen LogP contribution in [-0.4, -0.2) is 24.7 Å². The number of hydrogen-bond acceptors (Lipinski definition) is 3. The smallest absolute Gasteiger partial charge is 0.307 e. The number of benzene rings is 2. The highest BCUT2D eigenvalue weighted by molar-refractivity contribution is 5.70. The highest BCUT2D eigenvalue weighted by atomic mass is 16.5. The van der Waals surface area contributed by atoms with Gasteiger partial charge in [0.2, 0.25) is 0 Å². The Labute approximate surface area is 131 Å². The molecule has 2 rings (SSSR count). The van der Waals surface area contributed by atoms with Crippen LogP contribution in [0.1, 0.15) is 16.7 Å². The quantitative estimate of drug-likeness (QED) is 0.890. The van der Waals surface area contributed by atoms with Crippen molar-refractivity contribution in [1.82, 2.24) is 0 Å². The van der Waals surface area contributed by atoms with Crippen LogP contribution < -0.4 is 10.5 Å². The van der Waals surface area contributed by atoms with Gasteiger partial charge in [0.05, 0.1) is 13.5 Å². The molecule has 2 aromatic rings. The Morgan fingerprint density at radius 3 is 2.36 bits per heavy atom. The van der Waals surface area contributed by atoms with Gasteiger partial charge in [0.25, 0.3) is 0 Å². The predicted octanol–water partition coefficient (Wildman–Crippen LogP) is 2.82. The summed E-state index contributed by atoms with van der Waals surface area (Å²) in [5, 5.41) is 8.44. The van der Waals surface area contributed by atoms with Crippen molar-refractivity contribution in [3.05, 3.63) is 65.2 Å². The number of aryl methyl sites for hydroxylation is 1. The summed E-state index contributed by atoms with van der Waals surface area (Å²) < 4.78 is 5.06. The van der Waals surface area contributed by atoms with E-state index < -0.39 is 5.97 Å². The summed E-state index contributed by atoms with van der Waals surface area (Å²) in [4.78, 5) is 10.3. The van der Waals surface area contributed by atoms with Crippen molar-refractivity contribution in [3.63, 3.8) is 0 Å². The first-order valence-electron chi connectivity index (χ1n) is 7.15. The number of hydrogen-bond donors (Lipinski definition) is 2. The molecule has 0 heterocycles. The number of nitrogens with two attached hydrogens (primary N) is 1. The summed E-state index contributed by atoms with van der Waals surface area (Å²) in [6, 6.07) is 15.5. The first-order valence-corrected chi connectivity index (χ1v) is 7.15. The second-order valence-corrected chi connectivity index (χ2v) is 4.95. The van der Waals surface area contributed by atoms with Crippen LogP contribution in [0.2, 0.25) is 0 Å². The van der Waals surface area contributed by atoms with Crippen LogP contribution in [0.4, 0.5) is 0 Å². The molecule has 0 bridgehead atoms. The van der Waals surface area contributed by atoms with E-state index in [4.69, 9.17) is 15.6 Å². The van der Waals surface area contributed by atoms with E-state index in [1.165, 1.54) is 5.56 Å². The summed E-state index contributed by atoms with van der Waals surface area (Å²) in [5.41, 5.74) is 8.64. The Bertz CT molecular complexity index is 579. The maximum Gasteiger partial charge on any atom is 0.307 e. The minimum Gasteiger partial charge on any atom is -0.497 e. The van der Waals surface area contributed by atoms with Gasteiger partial charge in [-0.15, -0.1) is 0 Å². The minimum absolute atomic E-state index is 0.111. The van der Waals surface area contributed by atoms with E-state index in [0.29, 0.717) is 6.54 Å². The van der Waals surface area contributed by atoms with Crippen molar-refractivity contribution in [2.75, 3.05) is 13.7 Å². The van der Waals surface area contributed by atoms with Crippen LogP contribution in [-0.2, 0) is 17.6 Å².